The predicted octanol–water partition coefficient (Wildman–Crippen LogP) is 5.03. The van der Waals surface area contributed by atoms with Gasteiger partial charge in [-0.3, -0.25) is 9.59 Å². The molecule has 0 saturated carbocycles. The van der Waals surface area contributed by atoms with Gasteiger partial charge in [0.05, 0.1) is 5.92 Å². The molecule has 26 heavy (non-hydrogen) atoms. The molecule has 4 heteroatoms. The van der Waals surface area contributed by atoms with Gasteiger partial charge < -0.3 is 5.32 Å². The van der Waals surface area contributed by atoms with Gasteiger partial charge in [-0.1, -0.05) is 27.7 Å². The topological polar surface area (TPSA) is 46.2 Å². The summed E-state index contributed by atoms with van der Waals surface area (Å²) in [5.41, 5.74) is 4.90. The Morgan fingerprint density at radius 1 is 0.923 bits per heavy atom. The molecule has 138 valence electrons. The largest absolute Gasteiger partial charge is 0.362 e. The summed E-state index contributed by atoms with van der Waals surface area (Å²) in [4.78, 5) is 27.4. The Bertz CT molecular complexity index is 830. The van der Waals surface area contributed by atoms with Crippen molar-refractivity contribution in [3.05, 3.63) is 44.4 Å². The van der Waals surface area contributed by atoms with Crippen molar-refractivity contribution in [2.75, 3.05) is 0 Å². The average molecular weight is 370 g/mol. The van der Waals surface area contributed by atoms with Crippen LogP contribution < -0.4 is 5.32 Å². The summed E-state index contributed by atoms with van der Waals surface area (Å²) < 4.78 is 0. The number of Topliss-reactive ketones (excluding diaryl/α,β-unsaturated/α-hetero) is 2. The summed E-state index contributed by atoms with van der Waals surface area (Å²) in [6.07, 6.45) is 2.83. The predicted molar refractivity (Wildman–Crippen MR) is 105 cm³/mol. The number of carbonyl (C=O) groups is 2. The monoisotopic (exact) mass is 369 g/mol. The zero-order valence-electron chi connectivity index (χ0n) is 16.3. The summed E-state index contributed by atoms with van der Waals surface area (Å²) in [6.45, 7) is 10.7. The molecule has 4 rings (SSSR count). The minimum Gasteiger partial charge on any atom is -0.362 e. The highest BCUT2D eigenvalue weighted by atomic mass is 32.1. The van der Waals surface area contributed by atoms with Crippen LogP contribution in [0.25, 0.3) is 0 Å². The first-order chi connectivity index (χ1) is 12.1. The van der Waals surface area contributed by atoms with E-state index >= 15 is 0 Å². The van der Waals surface area contributed by atoms with Gasteiger partial charge in [-0.15, -0.1) is 11.3 Å². The minimum absolute atomic E-state index is 0.0375. The molecule has 3 nitrogen and oxygen atoms in total. The van der Waals surface area contributed by atoms with Crippen LogP contribution >= 0.6 is 11.3 Å². The van der Waals surface area contributed by atoms with E-state index in [1.54, 1.807) is 11.3 Å². The van der Waals surface area contributed by atoms with E-state index in [1.165, 1.54) is 5.56 Å². The summed E-state index contributed by atoms with van der Waals surface area (Å²) in [5.74, 6) is 0.227. The van der Waals surface area contributed by atoms with Crippen molar-refractivity contribution in [2.24, 2.45) is 10.8 Å². The molecule has 0 radical (unpaired) electrons. The van der Waals surface area contributed by atoms with Crippen LogP contribution in [0.4, 0.5) is 0 Å². The summed E-state index contributed by atoms with van der Waals surface area (Å²) in [5, 5.41) is 5.63. The van der Waals surface area contributed by atoms with E-state index in [2.05, 4.69) is 51.4 Å². The van der Waals surface area contributed by atoms with Gasteiger partial charge in [0.25, 0.3) is 0 Å². The van der Waals surface area contributed by atoms with Crippen molar-refractivity contribution >= 4 is 22.9 Å². The number of allylic oxidation sites excluding steroid dienone is 4. The third-order valence-corrected chi connectivity index (χ3v) is 6.97. The Labute approximate surface area is 159 Å². The number of rotatable bonds is 1. The van der Waals surface area contributed by atoms with Gasteiger partial charge in [0, 0.05) is 40.3 Å². The fourth-order valence-electron chi connectivity index (χ4n) is 4.83. The quantitative estimate of drug-likeness (QED) is 0.755. The second-order valence-corrected chi connectivity index (χ2v) is 10.6. The van der Waals surface area contributed by atoms with Gasteiger partial charge in [0.2, 0.25) is 0 Å². The van der Waals surface area contributed by atoms with E-state index in [9.17, 15) is 9.59 Å². The average Bonchev–Trinajstić information content (AvgIpc) is 2.88. The Morgan fingerprint density at radius 3 is 1.85 bits per heavy atom. The Morgan fingerprint density at radius 2 is 1.42 bits per heavy atom. The summed E-state index contributed by atoms with van der Waals surface area (Å²) in [7, 11) is 0. The molecule has 1 aromatic rings. The molecule has 3 aliphatic rings. The maximum Gasteiger partial charge on any atom is 0.162 e. The zero-order valence-corrected chi connectivity index (χ0v) is 17.1. The zero-order chi connectivity index (χ0) is 18.9. The van der Waals surface area contributed by atoms with Crippen LogP contribution in [0.1, 0.15) is 69.7 Å². The first kappa shape index (κ1) is 17.7. The molecule has 0 unspecified atom stereocenters. The van der Waals surface area contributed by atoms with Gasteiger partial charge in [0.15, 0.2) is 11.6 Å². The van der Waals surface area contributed by atoms with E-state index in [0.29, 0.717) is 12.8 Å². The molecule has 0 spiro atoms. The standard InChI is InChI=1S/C22H27NO2S/c1-12-6-7-26-20(12)19-17-13(8-21(2,3)10-15(17)24)23-14-9-22(4,5)11-16(25)18(14)19/h6-7,19,23H,8-11H2,1-5H3. The molecule has 0 aromatic carbocycles. The Hall–Kier alpha value is -1.68. The lowest BCUT2D eigenvalue weighted by atomic mass is 9.65. The fraction of sp³-hybridized carbons (Fsp3) is 0.545. The maximum atomic E-state index is 13.1. The molecule has 1 aliphatic heterocycles. The molecular weight excluding hydrogens is 342 g/mol. The second kappa shape index (κ2) is 5.66. The van der Waals surface area contributed by atoms with Crippen molar-refractivity contribution < 1.29 is 9.59 Å². The SMILES string of the molecule is Cc1ccsc1C1C2=C(CC(C)(C)CC2=O)NC2=C1C(=O)CC(C)(C)C2. The van der Waals surface area contributed by atoms with Crippen LogP contribution in [-0.4, -0.2) is 11.6 Å². The lowest BCUT2D eigenvalue weighted by molar-refractivity contribution is -0.119. The van der Waals surface area contributed by atoms with Gasteiger partial charge in [0.1, 0.15) is 0 Å². The van der Waals surface area contributed by atoms with Crippen LogP contribution in [0.2, 0.25) is 0 Å². The number of hydrogen-bond donors (Lipinski definition) is 1. The normalized spacial score (nSPS) is 25.1. The van der Waals surface area contributed by atoms with Crippen LogP contribution in [-0.2, 0) is 9.59 Å². The van der Waals surface area contributed by atoms with Gasteiger partial charge in [-0.25, -0.2) is 0 Å². The van der Waals surface area contributed by atoms with Crippen molar-refractivity contribution in [3.63, 3.8) is 0 Å². The smallest absolute Gasteiger partial charge is 0.162 e. The van der Waals surface area contributed by atoms with Gasteiger partial charge >= 0.3 is 0 Å². The first-order valence-corrected chi connectivity index (χ1v) is 10.3. The van der Waals surface area contributed by atoms with Crippen molar-refractivity contribution in [1.29, 1.82) is 0 Å². The van der Waals surface area contributed by atoms with Crippen molar-refractivity contribution in [2.45, 2.75) is 66.2 Å². The van der Waals surface area contributed by atoms with E-state index in [-0.39, 0.29) is 28.3 Å². The van der Waals surface area contributed by atoms with E-state index in [4.69, 9.17) is 0 Å². The maximum absolute atomic E-state index is 13.1. The summed E-state index contributed by atoms with van der Waals surface area (Å²) >= 11 is 1.67. The Balaban J connectivity index is 1.92. The lowest BCUT2D eigenvalue weighted by Crippen LogP contribution is -2.42. The highest BCUT2D eigenvalue weighted by molar-refractivity contribution is 7.10. The third kappa shape index (κ3) is 2.79. The van der Waals surface area contributed by atoms with E-state index in [1.807, 2.05) is 0 Å². The molecule has 1 N–H and O–H groups in total. The molecule has 0 bridgehead atoms. The molecule has 0 saturated heterocycles. The summed E-state index contributed by atoms with van der Waals surface area (Å²) in [6, 6.07) is 2.09. The number of ketones is 2. The molecule has 2 aliphatic carbocycles. The lowest BCUT2D eigenvalue weighted by Gasteiger charge is -2.43. The first-order valence-electron chi connectivity index (χ1n) is 9.41. The van der Waals surface area contributed by atoms with Gasteiger partial charge in [-0.05, 0) is 47.6 Å². The molecular formula is C22H27NO2S. The highest BCUT2D eigenvalue weighted by Crippen LogP contribution is 2.52. The van der Waals surface area contributed by atoms with E-state index < -0.39 is 0 Å². The minimum atomic E-state index is -0.173. The van der Waals surface area contributed by atoms with Crippen LogP contribution in [0.5, 0.6) is 0 Å². The van der Waals surface area contributed by atoms with Crippen LogP contribution in [0.3, 0.4) is 0 Å². The number of dihydropyridines is 1. The molecule has 0 amide bonds. The third-order valence-electron chi connectivity index (χ3n) is 5.88. The molecule has 1 aromatic heterocycles. The van der Waals surface area contributed by atoms with Crippen molar-refractivity contribution in [3.8, 4) is 0 Å². The Kier molecular flexibility index (Phi) is 3.85. The molecule has 0 atom stereocenters. The number of aryl methyl sites for hydroxylation is 1. The van der Waals surface area contributed by atoms with Crippen molar-refractivity contribution in [1.82, 2.24) is 5.32 Å². The van der Waals surface area contributed by atoms with Crippen LogP contribution in [0, 0.1) is 17.8 Å². The number of thiophene rings is 1. The van der Waals surface area contributed by atoms with Crippen LogP contribution in [0.15, 0.2) is 34.0 Å². The second-order valence-electron chi connectivity index (χ2n) is 9.69. The van der Waals surface area contributed by atoms with Gasteiger partial charge in [-0.2, -0.15) is 0 Å². The number of hydrogen-bond acceptors (Lipinski definition) is 4. The number of nitrogens with one attached hydrogen (secondary N) is 1. The molecule has 0 fully saturated rings. The van der Waals surface area contributed by atoms with E-state index in [0.717, 1.165) is 40.3 Å². The molecule has 2 heterocycles. The number of carbonyl (C=O) groups excluding carboxylic acids is 2. The highest BCUT2D eigenvalue weighted by Gasteiger charge is 2.46. The fourth-order valence-corrected chi connectivity index (χ4v) is 5.88.